The van der Waals surface area contributed by atoms with Crippen LogP contribution in [0.5, 0.6) is 0 Å². The van der Waals surface area contributed by atoms with Crippen LogP contribution in [0.15, 0.2) is 34.9 Å². The number of hydrogen-bond donors (Lipinski definition) is 1. The van der Waals surface area contributed by atoms with Gasteiger partial charge in [0.1, 0.15) is 17.2 Å². The third-order valence-electron chi connectivity index (χ3n) is 4.75. The van der Waals surface area contributed by atoms with Crippen LogP contribution in [0.25, 0.3) is 0 Å². The number of furan rings is 1. The number of carbonyl (C=O) groups excluding carboxylic acids is 2. The molecule has 0 unspecified atom stereocenters. The Labute approximate surface area is 147 Å². The van der Waals surface area contributed by atoms with E-state index in [4.69, 9.17) is 10.2 Å². The molecule has 6 nitrogen and oxygen atoms in total. The SMILES string of the molecule is CCc1ccc([C@@H]2C[C@H](C)CCN2C(=O)c2ccc(C(N)=O)cn2)o1. The highest BCUT2D eigenvalue weighted by Gasteiger charge is 2.34. The van der Waals surface area contributed by atoms with E-state index in [0.717, 1.165) is 30.8 Å². The number of aromatic nitrogens is 1. The van der Waals surface area contributed by atoms with Crippen molar-refractivity contribution in [3.8, 4) is 0 Å². The predicted octanol–water partition coefficient (Wildman–Crippen LogP) is 2.95. The maximum absolute atomic E-state index is 13.0. The predicted molar refractivity (Wildman–Crippen MR) is 93.0 cm³/mol. The van der Waals surface area contributed by atoms with Gasteiger partial charge >= 0.3 is 0 Å². The molecule has 25 heavy (non-hydrogen) atoms. The van der Waals surface area contributed by atoms with E-state index >= 15 is 0 Å². The Morgan fingerprint density at radius 1 is 1.32 bits per heavy atom. The Bertz CT molecular complexity index is 766. The normalized spacial score (nSPS) is 20.5. The monoisotopic (exact) mass is 341 g/mol. The minimum Gasteiger partial charge on any atom is -0.464 e. The van der Waals surface area contributed by atoms with Crippen LogP contribution in [-0.4, -0.2) is 28.2 Å². The van der Waals surface area contributed by atoms with E-state index in [1.807, 2.05) is 24.0 Å². The number of likely N-dealkylation sites (tertiary alicyclic amines) is 1. The molecule has 132 valence electrons. The number of nitrogens with zero attached hydrogens (tertiary/aromatic N) is 2. The first-order valence-corrected chi connectivity index (χ1v) is 8.65. The van der Waals surface area contributed by atoms with Crippen molar-refractivity contribution in [2.75, 3.05) is 6.54 Å². The van der Waals surface area contributed by atoms with Crippen LogP contribution in [0.4, 0.5) is 0 Å². The Morgan fingerprint density at radius 2 is 2.12 bits per heavy atom. The minimum absolute atomic E-state index is 0.0887. The summed E-state index contributed by atoms with van der Waals surface area (Å²) in [7, 11) is 0. The van der Waals surface area contributed by atoms with Crippen molar-refractivity contribution < 1.29 is 14.0 Å². The smallest absolute Gasteiger partial charge is 0.273 e. The maximum atomic E-state index is 13.0. The number of carbonyl (C=O) groups is 2. The molecule has 1 fully saturated rings. The molecule has 1 saturated heterocycles. The molecule has 3 rings (SSSR count). The standard InChI is InChI=1S/C19H23N3O3/c1-3-14-5-7-17(25-14)16-10-12(2)8-9-22(16)19(24)15-6-4-13(11-21-15)18(20)23/h4-7,11-12,16H,3,8-10H2,1-2H3,(H2,20,23)/t12-,16+/m1/s1. The van der Waals surface area contributed by atoms with Gasteiger partial charge in [0.2, 0.25) is 5.91 Å². The molecule has 2 aromatic heterocycles. The van der Waals surface area contributed by atoms with Crippen LogP contribution in [0.1, 0.15) is 65.1 Å². The zero-order valence-corrected chi connectivity index (χ0v) is 14.6. The van der Waals surface area contributed by atoms with Crippen LogP contribution in [0.2, 0.25) is 0 Å². The summed E-state index contributed by atoms with van der Waals surface area (Å²) < 4.78 is 5.91. The van der Waals surface area contributed by atoms with Gasteiger partial charge < -0.3 is 15.1 Å². The summed E-state index contributed by atoms with van der Waals surface area (Å²) in [6, 6.07) is 6.93. The summed E-state index contributed by atoms with van der Waals surface area (Å²) in [6.07, 6.45) is 3.98. The van der Waals surface area contributed by atoms with Gasteiger partial charge in [0, 0.05) is 19.2 Å². The number of hydrogen-bond acceptors (Lipinski definition) is 4. The lowest BCUT2D eigenvalue weighted by molar-refractivity contribution is 0.0512. The molecule has 0 spiro atoms. The number of pyridine rings is 1. The van der Waals surface area contributed by atoms with E-state index in [1.165, 1.54) is 12.3 Å². The lowest BCUT2D eigenvalue weighted by Crippen LogP contribution is -2.40. The maximum Gasteiger partial charge on any atom is 0.273 e. The van der Waals surface area contributed by atoms with E-state index in [9.17, 15) is 9.59 Å². The van der Waals surface area contributed by atoms with Gasteiger partial charge in [-0.1, -0.05) is 13.8 Å². The van der Waals surface area contributed by atoms with Gasteiger partial charge in [-0.05, 0) is 43.0 Å². The number of piperidine rings is 1. The number of primary amides is 1. The van der Waals surface area contributed by atoms with E-state index in [-0.39, 0.29) is 11.9 Å². The van der Waals surface area contributed by atoms with Crippen molar-refractivity contribution >= 4 is 11.8 Å². The Morgan fingerprint density at radius 3 is 2.72 bits per heavy atom. The van der Waals surface area contributed by atoms with Gasteiger partial charge in [0.25, 0.3) is 5.91 Å². The molecular weight excluding hydrogens is 318 g/mol. The largest absolute Gasteiger partial charge is 0.464 e. The molecule has 0 bridgehead atoms. The summed E-state index contributed by atoms with van der Waals surface area (Å²) in [5.74, 6) is 1.56. The zero-order chi connectivity index (χ0) is 18.0. The summed E-state index contributed by atoms with van der Waals surface area (Å²) in [6.45, 7) is 4.89. The third kappa shape index (κ3) is 3.57. The molecular formula is C19H23N3O3. The molecule has 0 radical (unpaired) electrons. The molecule has 3 heterocycles. The van der Waals surface area contributed by atoms with Gasteiger partial charge in [-0.3, -0.25) is 14.6 Å². The second-order valence-corrected chi connectivity index (χ2v) is 6.60. The van der Waals surface area contributed by atoms with Crippen LogP contribution < -0.4 is 5.73 Å². The number of nitrogens with two attached hydrogens (primary N) is 1. The van der Waals surface area contributed by atoms with Gasteiger partial charge in [-0.15, -0.1) is 0 Å². The molecule has 2 amide bonds. The molecule has 2 atom stereocenters. The second-order valence-electron chi connectivity index (χ2n) is 6.60. The highest BCUT2D eigenvalue weighted by Crippen LogP contribution is 2.35. The first-order chi connectivity index (χ1) is 12.0. The van der Waals surface area contributed by atoms with Crippen LogP contribution >= 0.6 is 0 Å². The van der Waals surface area contributed by atoms with E-state index < -0.39 is 5.91 Å². The molecule has 0 aromatic carbocycles. The fourth-order valence-electron chi connectivity index (χ4n) is 3.23. The molecule has 0 saturated carbocycles. The summed E-state index contributed by atoms with van der Waals surface area (Å²) in [5, 5.41) is 0. The van der Waals surface area contributed by atoms with E-state index in [0.29, 0.717) is 23.7 Å². The van der Waals surface area contributed by atoms with Crippen molar-refractivity contribution in [3.63, 3.8) is 0 Å². The van der Waals surface area contributed by atoms with Gasteiger partial charge in [0.15, 0.2) is 0 Å². The van der Waals surface area contributed by atoms with E-state index in [2.05, 4.69) is 11.9 Å². The Balaban J connectivity index is 1.86. The van der Waals surface area contributed by atoms with Crippen molar-refractivity contribution in [1.82, 2.24) is 9.88 Å². The topological polar surface area (TPSA) is 89.4 Å². The summed E-state index contributed by atoms with van der Waals surface area (Å²) in [4.78, 5) is 30.1. The third-order valence-corrected chi connectivity index (χ3v) is 4.75. The lowest BCUT2D eigenvalue weighted by atomic mass is 9.91. The first-order valence-electron chi connectivity index (χ1n) is 8.65. The average Bonchev–Trinajstić information content (AvgIpc) is 3.10. The molecule has 6 heteroatoms. The number of aryl methyl sites for hydroxylation is 1. The van der Waals surface area contributed by atoms with Crippen LogP contribution in [-0.2, 0) is 6.42 Å². The van der Waals surface area contributed by atoms with Crippen molar-refractivity contribution in [1.29, 1.82) is 0 Å². The van der Waals surface area contributed by atoms with Gasteiger partial charge in [0.05, 0.1) is 11.6 Å². The summed E-state index contributed by atoms with van der Waals surface area (Å²) in [5.41, 5.74) is 5.83. The molecule has 2 aromatic rings. The number of rotatable bonds is 4. The fourth-order valence-corrected chi connectivity index (χ4v) is 3.23. The van der Waals surface area contributed by atoms with Crippen molar-refractivity contribution in [3.05, 3.63) is 53.2 Å². The van der Waals surface area contributed by atoms with Crippen molar-refractivity contribution in [2.24, 2.45) is 11.7 Å². The van der Waals surface area contributed by atoms with E-state index in [1.54, 1.807) is 6.07 Å². The average molecular weight is 341 g/mol. The fraction of sp³-hybridized carbons (Fsp3) is 0.421. The molecule has 2 N–H and O–H groups in total. The Kier molecular flexibility index (Phi) is 4.88. The quantitative estimate of drug-likeness (QED) is 0.926. The second kappa shape index (κ2) is 7.09. The van der Waals surface area contributed by atoms with Crippen LogP contribution in [0, 0.1) is 5.92 Å². The first kappa shape index (κ1) is 17.2. The number of amides is 2. The lowest BCUT2D eigenvalue weighted by Gasteiger charge is -2.37. The summed E-state index contributed by atoms with van der Waals surface area (Å²) >= 11 is 0. The molecule has 1 aliphatic heterocycles. The molecule has 0 aliphatic carbocycles. The Hall–Kier alpha value is -2.63. The minimum atomic E-state index is -0.557. The van der Waals surface area contributed by atoms with Crippen molar-refractivity contribution in [2.45, 2.75) is 39.2 Å². The van der Waals surface area contributed by atoms with Gasteiger partial charge in [-0.25, -0.2) is 0 Å². The van der Waals surface area contributed by atoms with Crippen LogP contribution in [0.3, 0.4) is 0 Å². The highest BCUT2D eigenvalue weighted by molar-refractivity contribution is 5.95. The zero-order valence-electron chi connectivity index (χ0n) is 14.6. The molecule has 1 aliphatic rings. The highest BCUT2D eigenvalue weighted by atomic mass is 16.3. The van der Waals surface area contributed by atoms with Gasteiger partial charge in [-0.2, -0.15) is 0 Å².